The number of carbonyl (C=O) groups is 2. The zero-order chi connectivity index (χ0) is 28.8. The number of aryl methyl sites for hydroxylation is 1. The lowest BCUT2D eigenvalue weighted by molar-refractivity contribution is -0.127. The third-order valence-corrected chi connectivity index (χ3v) is 6.80. The quantitative estimate of drug-likeness (QED) is 0.268. The number of nitrogens with one attached hydrogen (secondary N) is 1. The number of methoxy groups -OCH3 is 2. The number of benzene rings is 4. The van der Waals surface area contributed by atoms with Crippen molar-refractivity contribution in [2.45, 2.75) is 26.1 Å². The first kappa shape index (κ1) is 27.4. The largest absolute Gasteiger partial charge is 0.497 e. The number of nitrogens with zero attached hydrogens (tertiary/aromatic N) is 4. The molecule has 1 aromatic heterocycles. The fourth-order valence-electron chi connectivity index (χ4n) is 4.66. The second-order valence-electron chi connectivity index (χ2n) is 9.59. The Kier molecular flexibility index (Phi) is 8.24. The molecule has 1 heterocycles. The van der Waals surface area contributed by atoms with Crippen LogP contribution in [0.4, 0.5) is 5.69 Å². The molecule has 1 N–H and O–H groups in total. The summed E-state index contributed by atoms with van der Waals surface area (Å²) >= 11 is 0. The fourth-order valence-corrected chi connectivity index (χ4v) is 4.66. The molecule has 0 unspecified atom stereocenters. The van der Waals surface area contributed by atoms with E-state index in [9.17, 15) is 9.59 Å². The van der Waals surface area contributed by atoms with Gasteiger partial charge in [0.05, 0.1) is 25.4 Å². The smallest absolute Gasteiger partial charge is 0.249 e. The van der Waals surface area contributed by atoms with E-state index in [1.165, 1.54) is 23.8 Å². The summed E-state index contributed by atoms with van der Waals surface area (Å²) in [6.45, 7) is 2.13. The molecular weight excluding hydrogens is 518 g/mol. The number of anilines is 1. The molecule has 4 aromatic carbocycles. The Morgan fingerprint density at radius 1 is 0.878 bits per heavy atom. The summed E-state index contributed by atoms with van der Waals surface area (Å²) in [7, 11) is 3.08. The van der Waals surface area contributed by atoms with E-state index >= 15 is 0 Å². The Bertz CT molecular complexity index is 1630. The second kappa shape index (κ2) is 12.3. The van der Waals surface area contributed by atoms with Crippen LogP contribution in [0.1, 0.15) is 22.7 Å². The highest BCUT2D eigenvalue weighted by molar-refractivity contribution is 6.02. The number of fused-ring (bicyclic) bond motifs is 1. The minimum absolute atomic E-state index is 0.144. The van der Waals surface area contributed by atoms with Crippen molar-refractivity contribution in [3.63, 3.8) is 0 Å². The monoisotopic (exact) mass is 549 g/mol. The lowest BCUT2D eigenvalue weighted by atomic mass is 10.0. The van der Waals surface area contributed by atoms with Crippen LogP contribution in [0, 0.1) is 6.92 Å². The van der Waals surface area contributed by atoms with Crippen LogP contribution < -0.4 is 19.7 Å². The molecule has 0 bridgehead atoms. The van der Waals surface area contributed by atoms with Crippen molar-refractivity contribution in [1.82, 2.24) is 20.3 Å². The number of para-hydroxylation sites is 1. The molecule has 5 aromatic rings. The summed E-state index contributed by atoms with van der Waals surface area (Å²) in [6, 6.07) is 28.8. The van der Waals surface area contributed by atoms with Crippen LogP contribution in [0.15, 0.2) is 97.1 Å². The van der Waals surface area contributed by atoms with Gasteiger partial charge >= 0.3 is 0 Å². The average molecular weight is 550 g/mol. The number of aromatic nitrogens is 3. The highest BCUT2D eigenvalue weighted by atomic mass is 16.5. The zero-order valence-corrected chi connectivity index (χ0v) is 23.2. The van der Waals surface area contributed by atoms with E-state index in [0.29, 0.717) is 40.3 Å². The van der Waals surface area contributed by atoms with Crippen LogP contribution in [0.25, 0.3) is 11.0 Å². The summed E-state index contributed by atoms with van der Waals surface area (Å²) < 4.78 is 12.6. The molecule has 0 aliphatic carbocycles. The van der Waals surface area contributed by atoms with E-state index < -0.39 is 6.04 Å². The molecule has 0 saturated carbocycles. The van der Waals surface area contributed by atoms with Crippen molar-refractivity contribution in [3.05, 3.63) is 114 Å². The topological polar surface area (TPSA) is 98.6 Å². The van der Waals surface area contributed by atoms with E-state index in [2.05, 4.69) is 15.6 Å². The molecule has 9 nitrogen and oxygen atoms in total. The van der Waals surface area contributed by atoms with Crippen molar-refractivity contribution in [1.29, 1.82) is 0 Å². The van der Waals surface area contributed by atoms with Gasteiger partial charge in [-0.15, -0.1) is 5.10 Å². The first-order valence-electron chi connectivity index (χ1n) is 13.2. The number of rotatable bonds is 10. The van der Waals surface area contributed by atoms with Gasteiger partial charge in [-0.05, 0) is 30.2 Å². The molecule has 9 heteroatoms. The number of amides is 2. The molecule has 0 radical (unpaired) electrons. The number of ether oxygens (including phenoxy) is 2. The molecule has 41 heavy (non-hydrogen) atoms. The van der Waals surface area contributed by atoms with Crippen LogP contribution in [0.2, 0.25) is 0 Å². The Hall–Kier alpha value is -5.18. The minimum atomic E-state index is -1.00. The van der Waals surface area contributed by atoms with Crippen molar-refractivity contribution in [2.24, 2.45) is 0 Å². The van der Waals surface area contributed by atoms with Gasteiger partial charge in [-0.1, -0.05) is 77.5 Å². The maximum absolute atomic E-state index is 14.3. The average Bonchev–Trinajstić information content (AvgIpc) is 3.41. The van der Waals surface area contributed by atoms with Gasteiger partial charge in [-0.2, -0.15) is 0 Å². The van der Waals surface area contributed by atoms with Crippen molar-refractivity contribution in [3.8, 4) is 11.5 Å². The second-order valence-corrected chi connectivity index (χ2v) is 9.59. The standard InChI is InChI=1S/C32H31N5O4/c1-22-13-15-24(16-14-22)31(32(39)33-20-23-9-5-4-6-10-23)37(25-17-26(40-2)19-27(18-25)41-3)30(38)21-36-29-12-8-7-11-28(29)34-35-36/h4-19,31H,20-21H2,1-3H3,(H,33,39)/t31-/m1/s1. The van der Waals surface area contributed by atoms with Crippen LogP contribution >= 0.6 is 0 Å². The number of carbonyl (C=O) groups excluding carboxylic acids is 2. The van der Waals surface area contributed by atoms with Gasteiger partial charge in [-0.25, -0.2) is 4.68 Å². The first-order valence-corrected chi connectivity index (χ1v) is 13.2. The van der Waals surface area contributed by atoms with Gasteiger partial charge in [0.2, 0.25) is 11.8 Å². The Balaban J connectivity index is 1.60. The van der Waals surface area contributed by atoms with Gasteiger partial charge in [0.1, 0.15) is 29.6 Å². The van der Waals surface area contributed by atoms with Gasteiger partial charge in [0.25, 0.3) is 0 Å². The number of hydrogen-bond donors (Lipinski definition) is 1. The van der Waals surface area contributed by atoms with E-state index in [1.807, 2.05) is 85.8 Å². The fraction of sp³-hybridized carbons (Fsp3) is 0.188. The van der Waals surface area contributed by atoms with Crippen molar-refractivity contribution < 1.29 is 19.1 Å². The van der Waals surface area contributed by atoms with Crippen LogP contribution in [0.5, 0.6) is 11.5 Å². The Labute approximate surface area is 238 Å². The van der Waals surface area contributed by atoms with Gasteiger partial charge in [-0.3, -0.25) is 14.5 Å². The molecule has 2 amide bonds. The number of hydrogen-bond acceptors (Lipinski definition) is 6. The van der Waals surface area contributed by atoms with Crippen LogP contribution in [0.3, 0.4) is 0 Å². The van der Waals surface area contributed by atoms with Gasteiger partial charge in [0.15, 0.2) is 0 Å². The third kappa shape index (κ3) is 6.19. The maximum atomic E-state index is 14.3. The van der Waals surface area contributed by atoms with Crippen LogP contribution in [-0.4, -0.2) is 41.0 Å². The van der Waals surface area contributed by atoms with E-state index in [1.54, 1.807) is 18.2 Å². The molecule has 0 fully saturated rings. The summed E-state index contributed by atoms with van der Waals surface area (Å²) in [4.78, 5) is 29.8. The molecular formula is C32H31N5O4. The van der Waals surface area contributed by atoms with Crippen molar-refractivity contribution in [2.75, 3.05) is 19.1 Å². The summed E-state index contributed by atoms with van der Waals surface area (Å²) in [5.74, 6) is 0.263. The molecule has 0 saturated heterocycles. The Morgan fingerprint density at radius 3 is 2.22 bits per heavy atom. The predicted molar refractivity (Wildman–Crippen MR) is 157 cm³/mol. The summed E-state index contributed by atoms with van der Waals surface area (Å²) in [5, 5.41) is 11.4. The first-order chi connectivity index (χ1) is 20.0. The van der Waals surface area contributed by atoms with Gasteiger partial charge < -0.3 is 14.8 Å². The molecule has 0 aliphatic rings. The van der Waals surface area contributed by atoms with Crippen molar-refractivity contribution >= 4 is 28.5 Å². The third-order valence-electron chi connectivity index (χ3n) is 6.80. The highest BCUT2D eigenvalue weighted by Crippen LogP contribution is 2.34. The lowest BCUT2D eigenvalue weighted by Gasteiger charge is -2.32. The molecule has 1 atom stereocenters. The highest BCUT2D eigenvalue weighted by Gasteiger charge is 2.34. The Morgan fingerprint density at radius 2 is 1.54 bits per heavy atom. The van der Waals surface area contributed by atoms with Gasteiger partial charge in [0, 0.05) is 24.7 Å². The maximum Gasteiger partial charge on any atom is 0.249 e. The van der Waals surface area contributed by atoms with E-state index in [-0.39, 0.29) is 18.4 Å². The zero-order valence-electron chi connectivity index (χ0n) is 23.2. The molecule has 208 valence electrons. The van der Waals surface area contributed by atoms with E-state index in [4.69, 9.17) is 9.47 Å². The molecule has 0 spiro atoms. The summed E-state index contributed by atoms with van der Waals surface area (Å²) in [5.41, 5.74) is 4.46. The predicted octanol–water partition coefficient (Wildman–Crippen LogP) is 4.85. The SMILES string of the molecule is COc1cc(OC)cc(N(C(=O)Cn2nnc3ccccc32)[C@@H](C(=O)NCc2ccccc2)c2ccc(C)cc2)c1. The summed E-state index contributed by atoms with van der Waals surface area (Å²) in [6.07, 6.45) is 0. The minimum Gasteiger partial charge on any atom is -0.497 e. The normalized spacial score (nSPS) is 11.6. The lowest BCUT2D eigenvalue weighted by Crippen LogP contribution is -2.45. The molecule has 0 aliphatic heterocycles. The molecule has 5 rings (SSSR count). The van der Waals surface area contributed by atoms with E-state index in [0.717, 1.165) is 11.1 Å². The van der Waals surface area contributed by atoms with Crippen LogP contribution in [-0.2, 0) is 22.7 Å².